The Kier molecular flexibility index (Phi) is 5.52. The van der Waals surface area contributed by atoms with Crippen LogP contribution in [-0.2, 0) is 17.9 Å². The van der Waals surface area contributed by atoms with E-state index in [4.69, 9.17) is 8.42 Å². The van der Waals surface area contributed by atoms with E-state index in [1.807, 2.05) is 14.0 Å². The summed E-state index contributed by atoms with van der Waals surface area (Å²) >= 11 is 0. The van der Waals surface area contributed by atoms with Gasteiger partial charge in [-0.3, -0.25) is 0 Å². The van der Waals surface area contributed by atoms with Crippen LogP contribution < -0.4 is 5.14 Å². The predicted molar refractivity (Wildman–Crippen MR) is 72.5 cm³/mol. The number of hydrogen-bond donors (Lipinski definition) is 2. The molecule has 0 amide bonds. The molecule has 1 aliphatic heterocycles. The van der Waals surface area contributed by atoms with Crippen molar-refractivity contribution < 1.29 is 8.42 Å². The monoisotopic (exact) mass is 272 g/mol. The Labute approximate surface area is 109 Å². The van der Waals surface area contributed by atoms with Crippen molar-refractivity contribution in [3.8, 4) is 0 Å². The van der Waals surface area contributed by atoms with Gasteiger partial charge in [0.15, 0.2) is 10.9 Å². The second kappa shape index (κ2) is 6.67. The van der Waals surface area contributed by atoms with E-state index in [9.17, 15) is 0 Å². The van der Waals surface area contributed by atoms with Crippen molar-refractivity contribution in [1.29, 1.82) is 0 Å². The molecule has 0 saturated heterocycles. The van der Waals surface area contributed by atoms with Gasteiger partial charge in [0.2, 0.25) is 0 Å². The highest BCUT2D eigenvalue weighted by Gasteiger charge is 2.12. The smallest absolute Gasteiger partial charge is 0.198 e. The highest BCUT2D eigenvalue weighted by atomic mass is 32.2. The van der Waals surface area contributed by atoms with E-state index in [1.54, 1.807) is 0 Å². The second-order valence-corrected chi connectivity index (χ2v) is 4.88. The summed E-state index contributed by atoms with van der Waals surface area (Å²) in [7, 11) is 1.57. The van der Waals surface area contributed by atoms with Crippen LogP contribution in [0, 0.1) is 6.92 Å². The first-order chi connectivity index (χ1) is 8.40. The first-order valence-electron chi connectivity index (χ1n) is 5.67. The molecule has 1 aliphatic rings. The van der Waals surface area contributed by atoms with E-state index in [-0.39, 0.29) is 0 Å². The summed E-state index contributed by atoms with van der Waals surface area (Å²) < 4.78 is 19.7. The molecule has 0 atom stereocenters. The molecule has 7 heteroatoms. The van der Waals surface area contributed by atoms with Crippen molar-refractivity contribution in [2.24, 2.45) is 12.2 Å². The molecule has 102 valence electrons. The molecule has 0 saturated carbocycles. The van der Waals surface area contributed by atoms with Gasteiger partial charge in [-0.05, 0) is 26.0 Å². The topological polar surface area (TPSA) is 81.2 Å². The summed E-state index contributed by atoms with van der Waals surface area (Å²) in [6.07, 6.45) is 5.52. The van der Waals surface area contributed by atoms with E-state index in [2.05, 4.69) is 38.9 Å². The summed E-state index contributed by atoms with van der Waals surface area (Å²) in [5.41, 5.74) is 2.55. The Morgan fingerprint density at radius 3 is 2.39 bits per heavy atom. The van der Waals surface area contributed by atoms with Crippen LogP contribution in [-0.4, -0.2) is 43.0 Å². The summed E-state index contributed by atoms with van der Waals surface area (Å²) in [5, 5.41) is 4.06. The molecule has 2 N–H and O–H groups in total. The number of imidazole rings is 1. The average Bonchev–Trinajstić information content (AvgIpc) is 2.59. The Morgan fingerprint density at radius 1 is 1.39 bits per heavy atom. The number of aromatic nitrogens is 2. The number of thiol groups is 1. The lowest BCUT2D eigenvalue weighted by atomic mass is 10.1. The fourth-order valence-corrected chi connectivity index (χ4v) is 1.72. The number of hydrogen-bond acceptors (Lipinski definition) is 4. The minimum absolute atomic E-state index is 1.05. The quantitative estimate of drug-likeness (QED) is 0.701. The number of rotatable bonds is 1. The Morgan fingerprint density at radius 2 is 2.00 bits per heavy atom. The van der Waals surface area contributed by atoms with Crippen molar-refractivity contribution in [3.63, 3.8) is 0 Å². The van der Waals surface area contributed by atoms with Crippen LogP contribution in [0.5, 0.6) is 0 Å². The van der Waals surface area contributed by atoms with Crippen LogP contribution in [0.3, 0.4) is 0 Å². The maximum atomic E-state index is 8.81. The third kappa shape index (κ3) is 4.59. The normalized spacial score (nSPS) is 16.2. The van der Waals surface area contributed by atoms with Gasteiger partial charge < -0.3 is 9.47 Å². The van der Waals surface area contributed by atoms with Crippen molar-refractivity contribution in [1.82, 2.24) is 14.5 Å². The second-order valence-electron chi connectivity index (χ2n) is 4.31. The minimum Gasteiger partial charge on any atom is -0.338 e. The van der Waals surface area contributed by atoms with Gasteiger partial charge in [-0.1, -0.05) is 6.08 Å². The van der Waals surface area contributed by atoms with Crippen LogP contribution in [0.2, 0.25) is 0 Å². The van der Waals surface area contributed by atoms with Crippen LogP contribution >= 0.6 is 0 Å². The minimum atomic E-state index is -2.62. The molecule has 1 aromatic heterocycles. The lowest BCUT2D eigenvalue weighted by Crippen LogP contribution is -2.23. The number of nitrogens with zero attached hydrogens (tertiary/aromatic N) is 3. The van der Waals surface area contributed by atoms with E-state index in [0.29, 0.717) is 0 Å². The highest BCUT2D eigenvalue weighted by molar-refractivity contribution is 7.69. The van der Waals surface area contributed by atoms with E-state index in [1.165, 1.54) is 5.57 Å². The molecule has 18 heavy (non-hydrogen) atoms. The van der Waals surface area contributed by atoms with Gasteiger partial charge in [0.05, 0.1) is 5.69 Å². The molecule has 0 fully saturated rings. The number of nitrogens with two attached hydrogens (primary N) is 1. The van der Waals surface area contributed by atoms with Crippen LogP contribution in [0.15, 0.2) is 12.3 Å². The molecule has 0 radical (unpaired) electrons. The SMILES string of the molecule is Cc1nc(C2=CCN(C)CC2)cn1C.N[SH](=O)=O. The van der Waals surface area contributed by atoms with Crippen LogP contribution in [0.4, 0.5) is 0 Å². The highest BCUT2D eigenvalue weighted by Crippen LogP contribution is 2.20. The molecule has 0 unspecified atom stereocenters. The van der Waals surface area contributed by atoms with E-state index < -0.39 is 10.9 Å². The molecule has 1 aromatic rings. The van der Waals surface area contributed by atoms with Gasteiger partial charge in [0.1, 0.15) is 5.82 Å². The lowest BCUT2D eigenvalue weighted by molar-refractivity contribution is 0.370. The third-order valence-corrected chi connectivity index (χ3v) is 2.85. The molecular formula is C11H20N4O2S. The number of likely N-dealkylation sites (N-methyl/N-ethyl adjacent to an activating group) is 1. The first-order valence-corrected chi connectivity index (χ1v) is 6.92. The standard InChI is InChI=1S/C11H17N3.H3NO2S/c1-9-12-11(8-14(9)3)10-4-6-13(2)7-5-10;1-4(2)3/h4,8H,5-7H2,1-3H3;4H,(H2,1,2,3). The lowest BCUT2D eigenvalue weighted by Gasteiger charge is -2.20. The van der Waals surface area contributed by atoms with Crippen molar-refractivity contribution in [2.75, 3.05) is 20.1 Å². The fourth-order valence-electron chi connectivity index (χ4n) is 1.72. The van der Waals surface area contributed by atoms with Crippen LogP contribution in [0.25, 0.3) is 5.57 Å². The fraction of sp³-hybridized carbons (Fsp3) is 0.545. The maximum absolute atomic E-state index is 8.81. The maximum Gasteiger partial charge on any atom is 0.198 e. The van der Waals surface area contributed by atoms with Gasteiger partial charge in [0.25, 0.3) is 0 Å². The zero-order valence-corrected chi connectivity index (χ0v) is 11.9. The van der Waals surface area contributed by atoms with Crippen LogP contribution in [0.1, 0.15) is 17.9 Å². The molecular weight excluding hydrogens is 252 g/mol. The Balaban J connectivity index is 0.000000357. The zero-order chi connectivity index (χ0) is 13.7. The largest absolute Gasteiger partial charge is 0.338 e. The van der Waals surface area contributed by atoms with Crippen molar-refractivity contribution in [3.05, 3.63) is 23.8 Å². The summed E-state index contributed by atoms with van der Waals surface area (Å²) in [5.74, 6) is 1.08. The summed E-state index contributed by atoms with van der Waals surface area (Å²) in [6.45, 7) is 4.23. The summed E-state index contributed by atoms with van der Waals surface area (Å²) in [4.78, 5) is 6.85. The van der Waals surface area contributed by atoms with Gasteiger partial charge in [-0.25, -0.2) is 18.5 Å². The Bertz CT molecular complexity index is 478. The molecule has 6 nitrogen and oxygen atoms in total. The van der Waals surface area contributed by atoms with Gasteiger partial charge >= 0.3 is 0 Å². The predicted octanol–water partition coefficient (Wildman–Crippen LogP) is -0.0811. The third-order valence-electron chi connectivity index (χ3n) is 2.85. The molecule has 0 bridgehead atoms. The average molecular weight is 272 g/mol. The molecule has 0 aliphatic carbocycles. The van der Waals surface area contributed by atoms with Crippen molar-refractivity contribution in [2.45, 2.75) is 13.3 Å². The van der Waals surface area contributed by atoms with E-state index in [0.717, 1.165) is 31.0 Å². The number of aryl methyl sites for hydroxylation is 2. The van der Waals surface area contributed by atoms with Gasteiger partial charge in [0, 0.05) is 26.3 Å². The van der Waals surface area contributed by atoms with Gasteiger partial charge in [-0.2, -0.15) is 0 Å². The molecule has 2 rings (SSSR count). The first kappa shape index (κ1) is 14.9. The Hall–Kier alpha value is -1.18. The molecule has 2 heterocycles. The van der Waals surface area contributed by atoms with E-state index >= 15 is 0 Å². The zero-order valence-electron chi connectivity index (χ0n) is 11.0. The van der Waals surface area contributed by atoms with Crippen molar-refractivity contribution >= 4 is 16.5 Å². The molecule has 0 spiro atoms. The summed E-state index contributed by atoms with van der Waals surface area (Å²) in [6, 6.07) is 0. The van der Waals surface area contributed by atoms with Gasteiger partial charge in [-0.15, -0.1) is 0 Å². The molecule has 0 aromatic carbocycles.